The summed E-state index contributed by atoms with van der Waals surface area (Å²) in [4.78, 5) is 11.8. The van der Waals surface area contributed by atoms with Crippen LogP contribution < -0.4 is 4.90 Å². The Labute approximate surface area is 92.8 Å². The summed E-state index contributed by atoms with van der Waals surface area (Å²) in [7, 11) is 0. The molecule has 0 aliphatic heterocycles. The number of nitrogens with zero attached hydrogens (tertiary/aromatic N) is 3. The monoisotopic (exact) mass is 239 g/mol. The van der Waals surface area contributed by atoms with Crippen LogP contribution in [0.2, 0.25) is 0 Å². The summed E-state index contributed by atoms with van der Waals surface area (Å²) in [5.41, 5.74) is -0.0311. The zero-order valence-electron chi connectivity index (χ0n) is 7.73. The first kappa shape index (κ1) is 10.3. The molecule has 0 spiro atoms. The van der Waals surface area contributed by atoms with Crippen LogP contribution in [0.25, 0.3) is 0 Å². The van der Waals surface area contributed by atoms with Crippen LogP contribution in [0.5, 0.6) is 0 Å². The first-order valence-electron chi connectivity index (χ1n) is 4.08. The molecular weight excluding hydrogens is 234 g/mol. The number of carbonyl (C=O) groups is 1. The Bertz CT molecular complexity index is 531. The van der Waals surface area contributed by atoms with Crippen molar-refractivity contribution < 1.29 is 19.5 Å². The predicted molar refractivity (Wildman–Crippen MR) is 52.6 cm³/mol. The van der Waals surface area contributed by atoms with Gasteiger partial charge in [-0.25, -0.2) is 0 Å². The summed E-state index contributed by atoms with van der Waals surface area (Å²) in [5, 5.41) is 28.7. The van der Waals surface area contributed by atoms with Gasteiger partial charge >= 0.3 is 0 Å². The maximum atomic E-state index is 11.8. The fraction of sp³-hybridized carbons (Fsp3) is 0. The van der Waals surface area contributed by atoms with E-state index in [1.807, 2.05) is 0 Å². The predicted octanol–water partition coefficient (Wildman–Crippen LogP) is 0.409. The quantitative estimate of drug-likeness (QED) is 0.275. The molecule has 0 aliphatic rings. The van der Waals surface area contributed by atoms with Crippen LogP contribution in [0.15, 0.2) is 26.6 Å². The van der Waals surface area contributed by atoms with Gasteiger partial charge in [-0.3, -0.25) is 9.42 Å². The third-order valence-corrected chi connectivity index (χ3v) is 2.51. The van der Waals surface area contributed by atoms with Crippen LogP contribution in [-0.2, 0) is 0 Å². The standard InChI is InChI=1S/C8H5N3O4S/c12-8(5-1-2-16-4-5)7-6(3-9-13)11(14)15-10-7/h1-4,13H. The minimum absolute atomic E-state index is 0.000673. The van der Waals surface area contributed by atoms with Gasteiger partial charge in [0.2, 0.25) is 5.78 Å². The Balaban J connectivity index is 2.45. The van der Waals surface area contributed by atoms with Crippen molar-refractivity contribution in [2.75, 3.05) is 0 Å². The Morgan fingerprint density at radius 1 is 1.75 bits per heavy atom. The lowest BCUT2D eigenvalue weighted by Crippen LogP contribution is -2.29. The third-order valence-electron chi connectivity index (χ3n) is 1.82. The van der Waals surface area contributed by atoms with E-state index in [4.69, 9.17) is 5.21 Å². The molecule has 2 rings (SSSR count). The van der Waals surface area contributed by atoms with Gasteiger partial charge < -0.3 is 10.4 Å². The van der Waals surface area contributed by atoms with E-state index in [1.54, 1.807) is 16.8 Å². The van der Waals surface area contributed by atoms with Crippen molar-refractivity contribution in [2.24, 2.45) is 5.16 Å². The summed E-state index contributed by atoms with van der Waals surface area (Å²) in [6.45, 7) is 0. The largest absolute Gasteiger partial charge is 0.411 e. The van der Waals surface area contributed by atoms with E-state index in [-0.39, 0.29) is 16.3 Å². The normalized spacial score (nSPS) is 11.0. The maximum Gasteiger partial charge on any atom is 0.297 e. The molecule has 2 aromatic heterocycles. The first-order valence-corrected chi connectivity index (χ1v) is 5.02. The summed E-state index contributed by atoms with van der Waals surface area (Å²) < 4.78 is 4.26. The van der Waals surface area contributed by atoms with Crippen LogP contribution in [0.4, 0.5) is 0 Å². The molecule has 82 valence electrons. The highest BCUT2D eigenvalue weighted by Gasteiger charge is 2.26. The summed E-state index contributed by atoms with van der Waals surface area (Å²) >= 11 is 1.34. The number of ketones is 1. The number of aromatic nitrogens is 2. The Kier molecular flexibility index (Phi) is 2.64. The van der Waals surface area contributed by atoms with E-state index in [0.29, 0.717) is 5.56 Å². The SMILES string of the molecule is O=C(c1ccsc1)c1no[n+]([O-])c1C=NO. The zero-order chi connectivity index (χ0) is 11.5. The summed E-state index contributed by atoms with van der Waals surface area (Å²) in [6, 6.07) is 1.59. The van der Waals surface area contributed by atoms with Crippen LogP contribution in [0.1, 0.15) is 21.7 Å². The molecule has 0 amide bonds. The number of oxime groups is 1. The van der Waals surface area contributed by atoms with E-state index >= 15 is 0 Å². The molecule has 0 bridgehead atoms. The first-order chi connectivity index (χ1) is 7.74. The molecule has 0 atom stereocenters. The number of rotatable bonds is 3. The maximum absolute atomic E-state index is 11.8. The zero-order valence-corrected chi connectivity index (χ0v) is 8.55. The second kappa shape index (κ2) is 4.11. The molecule has 2 heterocycles. The Morgan fingerprint density at radius 2 is 2.56 bits per heavy atom. The smallest absolute Gasteiger partial charge is 0.297 e. The van der Waals surface area contributed by atoms with Crippen molar-refractivity contribution in [2.45, 2.75) is 0 Å². The molecule has 16 heavy (non-hydrogen) atoms. The van der Waals surface area contributed by atoms with Gasteiger partial charge in [0, 0.05) is 10.9 Å². The highest BCUT2D eigenvalue weighted by atomic mass is 32.1. The van der Waals surface area contributed by atoms with E-state index < -0.39 is 5.78 Å². The van der Waals surface area contributed by atoms with Gasteiger partial charge in [-0.15, -0.1) is 0 Å². The molecule has 0 aromatic carbocycles. The summed E-state index contributed by atoms with van der Waals surface area (Å²) in [6.07, 6.45) is 0.795. The van der Waals surface area contributed by atoms with Crippen LogP contribution in [0, 0.1) is 5.21 Å². The van der Waals surface area contributed by atoms with Crippen molar-refractivity contribution in [3.8, 4) is 0 Å². The van der Waals surface area contributed by atoms with Gasteiger partial charge in [0.25, 0.3) is 11.4 Å². The lowest BCUT2D eigenvalue weighted by atomic mass is 10.1. The van der Waals surface area contributed by atoms with Crippen molar-refractivity contribution in [1.29, 1.82) is 0 Å². The third kappa shape index (κ3) is 1.65. The number of hydrogen-bond acceptors (Lipinski definition) is 7. The van der Waals surface area contributed by atoms with Gasteiger partial charge in [-0.05, 0) is 16.3 Å². The fourth-order valence-electron chi connectivity index (χ4n) is 1.11. The van der Waals surface area contributed by atoms with Crippen molar-refractivity contribution >= 4 is 23.3 Å². The van der Waals surface area contributed by atoms with Gasteiger partial charge in [-0.2, -0.15) is 11.3 Å². The molecule has 0 unspecified atom stereocenters. The highest BCUT2D eigenvalue weighted by molar-refractivity contribution is 7.08. The molecule has 2 aromatic rings. The molecule has 8 heteroatoms. The Hall–Kier alpha value is -2.22. The lowest BCUT2D eigenvalue weighted by Gasteiger charge is -1.89. The van der Waals surface area contributed by atoms with Crippen LogP contribution in [0.3, 0.4) is 0 Å². The number of carbonyl (C=O) groups excluding carboxylic acids is 1. The molecule has 0 saturated heterocycles. The minimum atomic E-state index is -0.463. The minimum Gasteiger partial charge on any atom is -0.411 e. The van der Waals surface area contributed by atoms with Crippen molar-refractivity contribution in [1.82, 2.24) is 5.16 Å². The fourth-order valence-corrected chi connectivity index (χ4v) is 1.74. The molecule has 0 saturated carbocycles. The molecule has 0 aliphatic carbocycles. The topological polar surface area (TPSA) is 103 Å². The van der Waals surface area contributed by atoms with E-state index in [1.165, 1.54) is 11.3 Å². The Morgan fingerprint density at radius 3 is 3.19 bits per heavy atom. The summed E-state index contributed by atoms with van der Waals surface area (Å²) in [5.74, 6) is -0.463. The van der Waals surface area contributed by atoms with Crippen LogP contribution >= 0.6 is 11.3 Å². The second-order valence-corrected chi connectivity index (χ2v) is 3.53. The molecule has 0 radical (unpaired) electrons. The van der Waals surface area contributed by atoms with Crippen molar-refractivity contribution in [3.63, 3.8) is 0 Å². The molecule has 0 fully saturated rings. The highest BCUT2D eigenvalue weighted by Crippen LogP contribution is 2.12. The van der Waals surface area contributed by atoms with Crippen molar-refractivity contribution in [3.05, 3.63) is 39.0 Å². The van der Waals surface area contributed by atoms with E-state index in [2.05, 4.69) is 14.9 Å². The molecule has 1 N–H and O–H groups in total. The second-order valence-electron chi connectivity index (χ2n) is 2.75. The van der Waals surface area contributed by atoms with Crippen LogP contribution in [-0.4, -0.2) is 22.4 Å². The lowest BCUT2D eigenvalue weighted by molar-refractivity contribution is -0.803. The van der Waals surface area contributed by atoms with Gasteiger partial charge in [0.1, 0.15) is 6.21 Å². The molecular formula is C8H5N3O4S. The molecule has 7 nitrogen and oxygen atoms in total. The van der Waals surface area contributed by atoms with Gasteiger partial charge in [-0.1, -0.05) is 5.16 Å². The van der Waals surface area contributed by atoms with Gasteiger partial charge in [0.05, 0.1) is 5.16 Å². The average molecular weight is 239 g/mol. The number of hydrogen-bond donors (Lipinski definition) is 1. The van der Waals surface area contributed by atoms with E-state index in [0.717, 1.165) is 6.21 Å². The average Bonchev–Trinajstić information content (AvgIpc) is 2.89. The van der Waals surface area contributed by atoms with Gasteiger partial charge in [0.15, 0.2) is 0 Å². The van der Waals surface area contributed by atoms with E-state index in [9.17, 15) is 10.0 Å². The number of thiophene rings is 1.